The van der Waals surface area contributed by atoms with Crippen molar-refractivity contribution in [2.75, 3.05) is 13.1 Å². The number of hydrogen-bond donors (Lipinski definition) is 0. The summed E-state index contributed by atoms with van der Waals surface area (Å²) < 4.78 is 0. The number of fused-ring (bicyclic) bond motifs is 2. The van der Waals surface area contributed by atoms with Gasteiger partial charge in [0.2, 0.25) is 5.91 Å². The van der Waals surface area contributed by atoms with Gasteiger partial charge in [0.25, 0.3) is 0 Å². The Kier molecular flexibility index (Phi) is 4.90. The first-order valence-electron chi connectivity index (χ1n) is 10.3. The monoisotopic (exact) mass is 359 g/mol. The number of carbonyl (C=O) groups is 1. The fraction of sp³-hybridized carbons (Fsp3) is 0.400. The molecule has 1 aliphatic heterocycles. The highest BCUT2D eigenvalue weighted by Crippen LogP contribution is 2.49. The van der Waals surface area contributed by atoms with E-state index in [-0.39, 0.29) is 11.3 Å². The van der Waals surface area contributed by atoms with E-state index in [9.17, 15) is 4.79 Å². The van der Waals surface area contributed by atoms with Gasteiger partial charge in [0.05, 0.1) is 0 Å². The summed E-state index contributed by atoms with van der Waals surface area (Å²) in [5.41, 5.74) is 7.39. The second kappa shape index (κ2) is 7.34. The van der Waals surface area contributed by atoms with Crippen LogP contribution in [0.25, 0.3) is 0 Å². The average Bonchev–Trinajstić information content (AvgIpc) is 2.84. The van der Waals surface area contributed by atoms with Gasteiger partial charge in [-0.05, 0) is 47.9 Å². The zero-order valence-corrected chi connectivity index (χ0v) is 16.5. The van der Waals surface area contributed by atoms with E-state index in [2.05, 4.69) is 61.5 Å². The number of hydrogen-bond acceptors (Lipinski definition) is 1. The number of carbonyl (C=O) groups excluding carboxylic acids is 1. The van der Waals surface area contributed by atoms with Crippen LogP contribution in [0.5, 0.6) is 0 Å². The maximum atomic E-state index is 11.8. The van der Waals surface area contributed by atoms with E-state index in [1.54, 1.807) is 6.92 Å². The minimum absolute atomic E-state index is 0.0543. The quantitative estimate of drug-likeness (QED) is 0.702. The number of nitrogens with zero attached hydrogens (tertiary/aromatic N) is 1. The molecule has 1 aliphatic carbocycles. The molecule has 2 aromatic rings. The van der Waals surface area contributed by atoms with E-state index in [0.29, 0.717) is 0 Å². The summed E-state index contributed by atoms with van der Waals surface area (Å²) in [6, 6.07) is 18.1. The Morgan fingerprint density at radius 3 is 2.04 bits per heavy atom. The van der Waals surface area contributed by atoms with Crippen LogP contribution in [0.3, 0.4) is 0 Å². The maximum absolute atomic E-state index is 11.8. The number of benzene rings is 2. The molecule has 0 spiro atoms. The van der Waals surface area contributed by atoms with E-state index in [4.69, 9.17) is 0 Å². The van der Waals surface area contributed by atoms with Gasteiger partial charge < -0.3 is 4.90 Å². The van der Waals surface area contributed by atoms with Crippen molar-refractivity contribution in [1.29, 1.82) is 0 Å². The van der Waals surface area contributed by atoms with Gasteiger partial charge in [-0.3, -0.25) is 4.79 Å². The first kappa shape index (κ1) is 18.0. The summed E-state index contributed by atoms with van der Waals surface area (Å²) in [6.45, 7) is 5.54. The Labute approximate surface area is 162 Å². The van der Waals surface area contributed by atoms with Crippen molar-refractivity contribution in [3.05, 3.63) is 82.4 Å². The predicted octanol–water partition coefficient (Wildman–Crippen LogP) is 5.05. The number of amides is 1. The van der Waals surface area contributed by atoms with Gasteiger partial charge in [0, 0.05) is 25.4 Å². The summed E-state index contributed by atoms with van der Waals surface area (Å²) in [7, 11) is 0. The van der Waals surface area contributed by atoms with Gasteiger partial charge in [0.15, 0.2) is 0 Å². The summed E-state index contributed by atoms with van der Waals surface area (Å²) in [5, 5.41) is 0. The molecule has 2 nitrogen and oxygen atoms in total. The Morgan fingerprint density at radius 1 is 0.963 bits per heavy atom. The highest BCUT2D eigenvalue weighted by atomic mass is 16.2. The van der Waals surface area contributed by atoms with Gasteiger partial charge >= 0.3 is 0 Å². The third-order valence-electron chi connectivity index (χ3n) is 6.45. The highest BCUT2D eigenvalue weighted by molar-refractivity contribution is 5.73. The second-order valence-electron chi connectivity index (χ2n) is 7.91. The van der Waals surface area contributed by atoms with Crippen molar-refractivity contribution in [1.82, 2.24) is 4.90 Å². The molecule has 2 heteroatoms. The lowest BCUT2D eigenvalue weighted by Crippen LogP contribution is -2.39. The van der Waals surface area contributed by atoms with Crippen molar-refractivity contribution in [2.45, 2.75) is 51.4 Å². The topological polar surface area (TPSA) is 20.3 Å². The van der Waals surface area contributed by atoms with Crippen molar-refractivity contribution < 1.29 is 4.79 Å². The smallest absolute Gasteiger partial charge is 0.219 e. The Balaban J connectivity index is 1.94. The third-order valence-corrected chi connectivity index (χ3v) is 6.45. The lowest BCUT2D eigenvalue weighted by atomic mass is 9.63. The molecular formula is C25H29NO. The number of aryl methyl sites for hydroxylation is 2. The molecule has 0 saturated carbocycles. The van der Waals surface area contributed by atoms with Gasteiger partial charge in [-0.25, -0.2) is 0 Å². The largest absolute Gasteiger partial charge is 0.339 e. The van der Waals surface area contributed by atoms with Gasteiger partial charge in [-0.2, -0.15) is 0 Å². The lowest BCUT2D eigenvalue weighted by molar-refractivity contribution is -0.128. The summed E-state index contributed by atoms with van der Waals surface area (Å²) in [6.07, 6.45) is 7.77. The molecule has 0 aromatic heterocycles. The molecule has 0 N–H and O–H groups in total. The SMILES string of the molecule is CCCC1(C2=CCN(C(C)=O)CC2)c2ccccc2CCc2ccccc21. The number of rotatable bonds is 3. The van der Waals surface area contributed by atoms with Gasteiger partial charge in [0.1, 0.15) is 0 Å². The van der Waals surface area contributed by atoms with Crippen LogP contribution in [0.15, 0.2) is 60.2 Å². The third kappa shape index (κ3) is 3.01. The van der Waals surface area contributed by atoms with E-state index in [1.807, 2.05) is 4.90 Å². The fourth-order valence-corrected chi connectivity index (χ4v) is 5.22. The molecule has 27 heavy (non-hydrogen) atoms. The van der Waals surface area contributed by atoms with Crippen LogP contribution in [-0.2, 0) is 23.1 Å². The molecule has 2 aromatic carbocycles. The zero-order chi connectivity index (χ0) is 18.9. The van der Waals surface area contributed by atoms with E-state index in [1.165, 1.54) is 27.8 Å². The minimum Gasteiger partial charge on any atom is -0.339 e. The van der Waals surface area contributed by atoms with Crippen LogP contribution in [0.4, 0.5) is 0 Å². The summed E-state index contributed by atoms with van der Waals surface area (Å²) in [4.78, 5) is 13.8. The molecule has 1 amide bonds. The van der Waals surface area contributed by atoms with Crippen LogP contribution in [-0.4, -0.2) is 23.9 Å². The van der Waals surface area contributed by atoms with E-state index in [0.717, 1.165) is 45.2 Å². The molecule has 0 saturated heterocycles. The average molecular weight is 360 g/mol. The molecule has 0 bridgehead atoms. The van der Waals surface area contributed by atoms with Crippen LogP contribution < -0.4 is 0 Å². The Hall–Kier alpha value is -2.35. The Bertz CT molecular complexity index is 832. The van der Waals surface area contributed by atoms with E-state index >= 15 is 0 Å². The Morgan fingerprint density at radius 2 is 1.56 bits per heavy atom. The lowest BCUT2D eigenvalue weighted by Gasteiger charge is -2.42. The normalized spacial score (nSPS) is 18.1. The highest BCUT2D eigenvalue weighted by Gasteiger charge is 2.42. The van der Waals surface area contributed by atoms with Crippen LogP contribution in [0.1, 0.15) is 55.4 Å². The fourth-order valence-electron chi connectivity index (χ4n) is 5.22. The van der Waals surface area contributed by atoms with Crippen molar-refractivity contribution >= 4 is 5.91 Å². The standard InChI is InChI=1S/C25H29NO/c1-3-16-25(22-14-17-26(18-15-22)19(2)27)23-10-6-4-8-20(23)12-13-21-9-5-7-11-24(21)25/h4-11,14H,3,12-13,15-18H2,1-2H3. The van der Waals surface area contributed by atoms with Crippen molar-refractivity contribution in [2.24, 2.45) is 0 Å². The van der Waals surface area contributed by atoms with Crippen LogP contribution >= 0.6 is 0 Å². The molecule has 0 fully saturated rings. The summed E-state index contributed by atoms with van der Waals surface area (Å²) >= 11 is 0. The molecular weight excluding hydrogens is 330 g/mol. The molecule has 1 heterocycles. The molecule has 0 radical (unpaired) electrons. The van der Waals surface area contributed by atoms with Crippen LogP contribution in [0.2, 0.25) is 0 Å². The molecule has 140 valence electrons. The molecule has 0 unspecified atom stereocenters. The van der Waals surface area contributed by atoms with E-state index < -0.39 is 0 Å². The van der Waals surface area contributed by atoms with Crippen molar-refractivity contribution in [3.8, 4) is 0 Å². The first-order valence-corrected chi connectivity index (χ1v) is 10.3. The molecule has 0 atom stereocenters. The molecule has 4 rings (SSSR count). The summed E-state index contributed by atoms with van der Waals surface area (Å²) in [5.74, 6) is 0.177. The predicted molar refractivity (Wildman–Crippen MR) is 111 cm³/mol. The maximum Gasteiger partial charge on any atom is 0.219 e. The first-order chi connectivity index (χ1) is 13.2. The van der Waals surface area contributed by atoms with Crippen LogP contribution in [0, 0.1) is 0 Å². The second-order valence-corrected chi connectivity index (χ2v) is 7.91. The van der Waals surface area contributed by atoms with Gasteiger partial charge in [-0.15, -0.1) is 0 Å². The molecule has 2 aliphatic rings. The van der Waals surface area contributed by atoms with Gasteiger partial charge in [-0.1, -0.05) is 73.5 Å². The minimum atomic E-state index is -0.0543. The zero-order valence-electron chi connectivity index (χ0n) is 16.5. The van der Waals surface area contributed by atoms with Crippen molar-refractivity contribution in [3.63, 3.8) is 0 Å².